The molecule has 0 aliphatic heterocycles. The smallest absolute Gasteiger partial charge is 0.306 e. The number of unbranched alkanes of at least 4 members (excludes halogenated alkanes) is 22. The lowest BCUT2D eigenvalue weighted by molar-refractivity contribution is -0.167. The van der Waals surface area contributed by atoms with Crippen LogP contribution in [0.2, 0.25) is 0 Å². The quantitative estimate of drug-likeness (QED) is 0.0279. The Kier molecular flexibility index (Phi) is 37.0. The molecule has 0 bridgehead atoms. The van der Waals surface area contributed by atoms with E-state index in [1.165, 1.54) is 103 Å². The lowest BCUT2D eigenvalue weighted by Crippen LogP contribution is -2.30. The highest BCUT2D eigenvalue weighted by atomic mass is 16.6. The molecule has 0 radical (unpaired) electrons. The second-order valence-corrected chi connectivity index (χ2v) is 13.9. The summed E-state index contributed by atoms with van der Waals surface area (Å²) in [5, 5.41) is 0. The first-order valence-corrected chi connectivity index (χ1v) is 20.8. The predicted octanol–water partition coefficient (Wildman–Crippen LogP) is 12.9. The summed E-state index contributed by atoms with van der Waals surface area (Å²) in [5.74, 6) is -0.942. The summed E-state index contributed by atoms with van der Waals surface area (Å²) in [4.78, 5) is 37.4. The predicted molar refractivity (Wildman–Crippen MR) is 206 cm³/mol. The zero-order valence-electron chi connectivity index (χ0n) is 32.5. The van der Waals surface area contributed by atoms with Crippen LogP contribution in [0.25, 0.3) is 0 Å². The summed E-state index contributed by atoms with van der Waals surface area (Å²) in [6.45, 7) is 6.52. The number of hydrogen-bond acceptors (Lipinski definition) is 6. The Morgan fingerprint density at radius 3 is 1.12 bits per heavy atom. The molecule has 0 amide bonds. The van der Waals surface area contributed by atoms with Gasteiger partial charge in [-0.05, 0) is 64.2 Å². The van der Waals surface area contributed by atoms with Crippen LogP contribution in [0.15, 0.2) is 24.3 Å². The lowest BCUT2D eigenvalue weighted by Gasteiger charge is -2.18. The lowest BCUT2D eigenvalue weighted by atomic mass is 10.1. The van der Waals surface area contributed by atoms with Crippen molar-refractivity contribution in [2.45, 2.75) is 219 Å². The molecule has 0 rings (SSSR count). The van der Waals surface area contributed by atoms with Crippen LogP contribution >= 0.6 is 0 Å². The van der Waals surface area contributed by atoms with Gasteiger partial charge < -0.3 is 14.2 Å². The molecule has 6 nitrogen and oxygen atoms in total. The first kappa shape index (κ1) is 46.9. The van der Waals surface area contributed by atoms with Crippen molar-refractivity contribution < 1.29 is 28.6 Å². The van der Waals surface area contributed by atoms with E-state index in [-0.39, 0.29) is 37.5 Å². The maximum atomic E-state index is 12.6. The molecule has 0 aromatic rings. The van der Waals surface area contributed by atoms with Gasteiger partial charge in [0.1, 0.15) is 13.2 Å². The fourth-order valence-electron chi connectivity index (χ4n) is 5.73. The van der Waals surface area contributed by atoms with Crippen molar-refractivity contribution >= 4 is 17.9 Å². The molecule has 0 aromatic carbocycles. The molecule has 0 aliphatic carbocycles. The number of esters is 3. The van der Waals surface area contributed by atoms with Crippen molar-refractivity contribution in [3.8, 4) is 0 Å². The van der Waals surface area contributed by atoms with E-state index in [4.69, 9.17) is 14.2 Å². The monoisotopic (exact) mass is 691 g/mol. The van der Waals surface area contributed by atoms with E-state index in [9.17, 15) is 14.4 Å². The first-order valence-electron chi connectivity index (χ1n) is 20.8. The number of rotatable bonds is 37. The summed E-state index contributed by atoms with van der Waals surface area (Å²) in [6, 6.07) is 0. The van der Waals surface area contributed by atoms with Crippen molar-refractivity contribution in [3.05, 3.63) is 24.3 Å². The van der Waals surface area contributed by atoms with Gasteiger partial charge >= 0.3 is 17.9 Å². The normalized spacial score (nSPS) is 12.1. The molecule has 0 saturated carbocycles. The van der Waals surface area contributed by atoms with E-state index < -0.39 is 6.10 Å². The van der Waals surface area contributed by atoms with Gasteiger partial charge in [0.25, 0.3) is 0 Å². The maximum absolute atomic E-state index is 12.6. The van der Waals surface area contributed by atoms with Crippen LogP contribution in [-0.2, 0) is 28.6 Å². The molecule has 0 heterocycles. The second-order valence-electron chi connectivity index (χ2n) is 13.9. The third-order valence-corrected chi connectivity index (χ3v) is 8.93. The number of carbonyl (C=O) groups is 3. The van der Waals surface area contributed by atoms with Crippen LogP contribution in [0.1, 0.15) is 213 Å². The average Bonchev–Trinajstić information content (AvgIpc) is 3.10. The van der Waals surface area contributed by atoms with E-state index in [0.717, 1.165) is 64.2 Å². The molecular weight excluding hydrogens is 612 g/mol. The molecule has 1 atom stereocenters. The van der Waals surface area contributed by atoms with E-state index in [1.54, 1.807) is 0 Å². The van der Waals surface area contributed by atoms with Gasteiger partial charge in [-0.15, -0.1) is 0 Å². The van der Waals surface area contributed by atoms with Gasteiger partial charge in [0, 0.05) is 19.3 Å². The van der Waals surface area contributed by atoms with Crippen LogP contribution in [0.5, 0.6) is 0 Å². The fraction of sp³-hybridized carbons (Fsp3) is 0.837. The Morgan fingerprint density at radius 2 is 0.694 bits per heavy atom. The Hall–Kier alpha value is -2.11. The van der Waals surface area contributed by atoms with Crippen LogP contribution < -0.4 is 0 Å². The Bertz CT molecular complexity index is 804. The van der Waals surface area contributed by atoms with Crippen molar-refractivity contribution in [3.63, 3.8) is 0 Å². The summed E-state index contributed by atoms with van der Waals surface area (Å²) in [5.41, 5.74) is 0. The Balaban J connectivity index is 4.39. The van der Waals surface area contributed by atoms with Crippen molar-refractivity contribution in [2.75, 3.05) is 13.2 Å². The van der Waals surface area contributed by atoms with Crippen molar-refractivity contribution in [1.29, 1.82) is 0 Å². The summed E-state index contributed by atoms with van der Waals surface area (Å²) < 4.78 is 16.6. The number of hydrogen-bond donors (Lipinski definition) is 0. The highest BCUT2D eigenvalue weighted by Gasteiger charge is 2.19. The minimum Gasteiger partial charge on any atom is -0.462 e. The third-order valence-electron chi connectivity index (χ3n) is 8.93. The fourth-order valence-corrected chi connectivity index (χ4v) is 5.73. The minimum atomic E-state index is -0.783. The molecule has 0 saturated heterocycles. The van der Waals surface area contributed by atoms with Crippen molar-refractivity contribution in [2.24, 2.45) is 0 Å². The van der Waals surface area contributed by atoms with Crippen molar-refractivity contribution in [1.82, 2.24) is 0 Å². The highest BCUT2D eigenvalue weighted by Crippen LogP contribution is 2.13. The number of ether oxygens (including phenoxy) is 3. The molecule has 286 valence electrons. The molecule has 0 N–H and O–H groups in total. The van der Waals surface area contributed by atoms with Gasteiger partial charge in [0.05, 0.1) is 0 Å². The van der Waals surface area contributed by atoms with Gasteiger partial charge in [0.2, 0.25) is 0 Å². The van der Waals surface area contributed by atoms with Gasteiger partial charge in [0.15, 0.2) is 6.10 Å². The van der Waals surface area contributed by atoms with Crippen LogP contribution in [0.3, 0.4) is 0 Å². The van der Waals surface area contributed by atoms with Gasteiger partial charge in [-0.3, -0.25) is 14.4 Å². The zero-order chi connectivity index (χ0) is 35.9. The minimum absolute atomic E-state index is 0.0853. The Labute approximate surface area is 303 Å². The van der Waals surface area contributed by atoms with E-state index in [2.05, 4.69) is 45.1 Å². The van der Waals surface area contributed by atoms with Crippen LogP contribution in [0, 0.1) is 0 Å². The molecular formula is C43H78O6. The number of carbonyl (C=O) groups excluding carboxylic acids is 3. The molecule has 0 fully saturated rings. The standard InChI is InChI=1S/C43H78O6/c1-4-7-10-13-16-19-20-21-22-25-27-30-33-36-42(45)48-39-40(49-43(46)37-34-31-28-24-18-15-12-9-6-3)38-47-41(44)35-32-29-26-23-17-14-11-8-5-2/h21-22,24,28,40H,4-20,23,25-27,29-39H2,1-3H3/b22-21-,28-24-. The molecule has 0 aromatic heterocycles. The summed E-state index contributed by atoms with van der Waals surface area (Å²) >= 11 is 0. The SMILES string of the molecule is CCCCCC/C=C\CCCC(=O)OC(COC(=O)CCCCC/C=C\CCCCCCCC)COC(=O)CCCCCCCCCCC. The van der Waals surface area contributed by atoms with Crippen LogP contribution in [0.4, 0.5) is 0 Å². The van der Waals surface area contributed by atoms with Crippen LogP contribution in [-0.4, -0.2) is 37.2 Å². The molecule has 0 spiro atoms. The number of allylic oxidation sites excluding steroid dienone is 4. The topological polar surface area (TPSA) is 78.9 Å². The van der Waals surface area contributed by atoms with Gasteiger partial charge in [-0.2, -0.15) is 0 Å². The highest BCUT2D eigenvalue weighted by molar-refractivity contribution is 5.71. The molecule has 1 unspecified atom stereocenters. The second kappa shape index (κ2) is 38.7. The maximum Gasteiger partial charge on any atom is 0.306 e. The van der Waals surface area contributed by atoms with E-state index in [1.807, 2.05) is 0 Å². The molecule has 6 heteroatoms. The van der Waals surface area contributed by atoms with Gasteiger partial charge in [-0.1, -0.05) is 154 Å². The summed E-state index contributed by atoms with van der Waals surface area (Å²) in [7, 11) is 0. The first-order chi connectivity index (χ1) is 24.0. The van der Waals surface area contributed by atoms with E-state index >= 15 is 0 Å². The molecule has 49 heavy (non-hydrogen) atoms. The largest absolute Gasteiger partial charge is 0.462 e. The van der Waals surface area contributed by atoms with Gasteiger partial charge in [-0.25, -0.2) is 0 Å². The molecule has 0 aliphatic rings. The third kappa shape index (κ3) is 37.0. The average molecular weight is 691 g/mol. The zero-order valence-corrected chi connectivity index (χ0v) is 32.5. The summed E-state index contributed by atoms with van der Waals surface area (Å²) in [6.07, 6.45) is 40.3. The Morgan fingerprint density at radius 1 is 0.388 bits per heavy atom. The van der Waals surface area contributed by atoms with E-state index in [0.29, 0.717) is 19.3 Å².